The minimum absolute atomic E-state index is 0.000999. The molecule has 1 aliphatic rings. The fourth-order valence-electron chi connectivity index (χ4n) is 4.13. The fourth-order valence-corrected chi connectivity index (χ4v) is 4.13. The molecule has 12 heteroatoms. The molecule has 0 spiro atoms. The molecule has 7 N–H and O–H groups in total. The van der Waals surface area contributed by atoms with E-state index in [4.69, 9.17) is 26.4 Å². The predicted molar refractivity (Wildman–Crippen MR) is 144 cm³/mol. The number of anilines is 1. The number of carbonyl (C=O) groups excluding carboxylic acids is 2. The van der Waals surface area contributed by atoms with Crippen LogP contribution in [-0.2, 0) is 9.53 Å². The highest BCUT2D eigenvalue weighted by atomic mass is 19.1. The van der Waals surface area contributed by atoms with Crippen LogP contribution in [0.3, 0.4) is 0 Å². The maximum atomic E-state index is 14.4. The summed E-state index contributed by atoms with van der Waals surface area (Å²) in [5, 5.41) is 26.9. The summed E-state index contributed by atoms with van der Waals surface area (Å²) in [6.07, 6.45) is 1.05. The Kier molecular flexibility index (Phi) is 10.5. The molecule has 210 valence electrons. The lowest BCUT2D eigenvalue weighted by molar-refractivity contribution is -0.108. The topological polar surface area (TPSA) is 175 Å². The van der Waals surface area contributed by atoms with Crippen LogP contribution in [0.4, 0.5) is 10.1 Å². The molecule has 0 aromatic heterocycles. The van der Waals surface area contributed by atoms with Crippen molar-refractivity contribution in [1.29, 1.82) is 5.41 Å². The van der Waals surface area contributed by atoms with Gasteiger partial charge in [-0.2, -0.15) is 0 Å². The smallest absolute Gasteiger partial charge is 0.253 e. The van der Waals surface area contributed by atoms with E-state index in [0.29, 0.717) is 37.3 Å². The Morgan fingerprint density at radius 2 is 1.69 bits per heavy atom. The Morgan fingerprint density at radius 3 is 2.28 bits per heavy atom. The first kappa shape index (κ1) is 29.7. The highest BCUT2D eigenvalue weighted by Crippen LogP contribution is 2.25. The second-order valence-electron chi connectivity index (χ2n) is 8.97. The second kappa shape index (κ2) is 13.8. The number of ether oxygens (including phenoxy) is 2. The van der Waals surface area contributed by atoms with Crippen molar-refractivity contribution in [2.75, 3.05) is 65.5 Å². The van der Waals surface area contributed by atoms with Gasteiger partial charge in [0.05, 0.1) is 25.9 Å². The van der Waals surface area contributed by atoms with Gasteiger partial charge in [0.15, 0.2) is 11.6 Å². The van der Waals surface area contributed by atoms with Crippen LogP contribution in [-0.4, -0.2) is 103 Å². The molecule has 0 radical (unpaired) electrons. The third-order valence-electron chi connectivity index (χ3n) is 6.46. The Morgan fingerprint density at radius 1 is 1.08 bits per heavy atom. The first-order valence-electron chi connectivity index (χ1n) is 12.4. The molecule has 1 aliphatic heterocycles. The number of benzene rings is 2. The third kappa shape index (κ3) is 7.39. The van der Waals surface area contributed by atoms with E-state index in [1.807, 2.05) is 4.90 Å². The average molecular weight is 544 g/mol. The van der Waals surface area contributed by atoms with Gasteiger partial charge in [0.2, 0.25) is 5.78 Å². The van der Waals surface area contributed by atoms with Crippen LogP contribution in [0.5, 0.6) is 5.75 Å². The zero-order valence-electron chi connectivity index (χ0n) is 21.7. The Hall–Kier alpha value is -3.84. The van der Waals surface area contributed by atoms with Gasteiger partial charge >= 0.3 is 0 Å². The van der Waals surface area contributed by atoms with Gasteiger partial charge in [-0.05, 0) is 23.8 Å². The number of allylic oxidation sites excluding steroid dienone is 1. The molecule has 0 atom stereocenters. The molecule has 2 aromatic carbocycles. The van der Waals surface area contributed by atoms with Gasteiger partial charge in [0.1, 0.15) is 12.3 Å². The van der Waals surface area contributed by atoms with Crippen molar-refractivity contribution in [1.82, 2.24) is 9.80 Å². The van der Waals surface area contributed by atoms with E-state index in [-0.39, 0.29) is 61.1 Å². The van der Waals surface area contributed by atoms with Crippen LogP contribution in [0.2, 0.25) is 0 Å². The highest BCUT2D eigenvalue weighted by Gasteiger charge is 2.26. The molecular formula is C27H34FN5O6. The second-order valence-corrected chi connectivity index (χ2v) is 8.97. The van der Waals surface area contributed by atoms with Gasteiger partial charge in [0, 0.05) is 67.9 Å². The van der Waals surface area contributed by atoms with Gasteiger partial charge in [-0.25, -0.2) is 4.39 Å². The number of methoxy groups -OCH3 is 1. The number of piperazine rings is 1. The lowest BCUT2D eigenvalue weighted by Crippen LogP contribution is -2.53. The molecule has 1 heterocycles. The van der Waals surface area contributed by atoms with Crippen molar-refractivity contribution in [2.45, 2.75) is 6.04 Å². The van der Waals surface area contributed by atoms with Crippen molar-refractivity contribution in [3.05, 3.63) is 65.0 Å². The number of rotatable bonds is 12. The molecule has 0 unspecified atom stereocenters. The van der Waals surface area contributed by atoms with Crippen LogP contribution in [0.1, 0.15) is 21.5 Å². The zero-order valence-corrected chi connectivity index (χ0v) is 21.7. The van der Waals surface area contributed by atoms with E-state index in [2.05, 4.69) is 0 Å². The number of amides is 1. The largest absolute Gasteiger partial charge is 0.488 e. The summed E-state index contributed by atoms with van der Waals surface area (Å²) < 4.78 is 24.5. The van der Waals surface area contributed by atoms with E-state index in [1.54, 1.807) is 29.2 Å². The summed E-state index contributed by atoms with van der Waals surface area (Å²) >= 11 is 0. The van der Waals surface area contributed by atoms with Gasteiger partial charge in [-0.3, -0.25) is 19.9 Å². The average Bonchev–Trinajstić information content (AvgIpc) is 2.95. The van der Waals surface area contributed by atoms with Crippen molar-refractivity contribution in [2.24, 2.45) is 5.73 Å². The molecule has 3 rings (SSSR count). The van der Waals surface area contributed by atoms with Crippen molar-refractivity contribution >= 4 is 28.8 Å². The molecule has 39 heavy (non-hydrogen) atoms. The van der Waals surface area contributed by atoms with Crippen LogP contribution in [0, 0.1) is 11.2 Å². The van der Waals surface area contributed by atoms with E-state index in [9.17, 15) is 24.2 Å². The number of nitrogen functional groups attached to an aromatic ring is 1. The molecule has 1 saturated heterocycles. The number of hydrogen-bond donors (Lipinski definition) is 5. The standard InChI is InChI=1S/C27H34FN5O6/c1-38-10-11-39-25-14-23(30)20(12-21(25)28)26(31)24(36)13-22(29)17-2-4-18(5-3-17)27(37)33-8-6-32(7-9-33)19(15-34)16-35/h2-5,12-14,19,31,34-35H,6-11,15-16,29-30H2,1H3. The van der Waals surface area contributed by atoms with E-state index < -0.39 is 17.3 Å². The molecule has 1 amide bonds. The number of nitrogens with one attached hydrogen (secondary N) is 1. The van der Waals surface area contributed by atoms with Crippen LogP contribution < -0.4 is 16.2 Å². The quantitative estimate of drug-likeness (QED) is 0.110. The third-order valence-corrected chi connectivity index (χ3v) is 6.46. The number of aliphatic hydroxyl groups is 2. The highest BCUT2D eigenvalue weighted by molar-refractivity contribution is 6.50. The van der Waals surface area contributed by atoms with Crippen molar-refractivity contribution in [3.63, 3.8) is 0 Å². The number of nitrogens with two attached hydrogens (primary N) is 2. The van der Waals surface area contributed by atoms with E-state index in [0.717, 1.165) is 12.1 Å². The van der Waals surface area contributed by atoms with E-state index >= 15 is 0 Å². The molecule has 1 fully saturated rings. The maximum absolute atomic E-state index is 14.4. The van der Waals surface area contributed by atoms with Gasteiger partial charge < -0.3 is 36.1 Å². The first-order valence-corrected chi connectivity index (χ1v) is 12.4. The predicted octanol–water partition coefficient (Wildman–Crippen LogP) is 0.481. The Bertz CT molecular complexity index is 1210. The molecule has 0 bridgehead atoms. The van der Waals surface area contributed by atoms with Crippen LogP contribution in [0.15, 0.2) is 42.5 Å². The molecule has 0 saturated carbocycles. The normalized spacial score (nSPS) is 14.5. The monoisotopic (exact) mass is 543 g/mol. The molecule has 0 aliphatic carbocycles. The summed E-state index contributed by atoms with van der Waals surface area (Å²) in [4.78, 5) is 29.2. The minimum Gasteiger partial charge on any atom is -0.488 e. The number of carbonyl (C=O) groups is 2. The summed E-state index contributed by atoms with van der Waals surface area (Å²) in [6.45, 7) is 2.06. The van der Waals surface area contributed by atoms with Crippen molar-refractivity contribution < 1.29 is 33.7 Å². The first-order chi connectivity index (χ1) is 18.7. The van der Waals surface area contributed by atoms with Crippen LogP contribution in [0.25, 0.3) is 5.70 Å². The number of halogens is 1. The number of ketones is 1. The van der Waals surface area contributed by atoms with Gasteiger partial charge in [-0.15, -0.1) is 0 Å². The fraction of sp³-hybridized carbons (Fsp3) is 0.370. The van der Waals surface area contributed by atoms with E-state index in [1.165, 1.54) is 13.2 Å². The summed E-state index contributed by atoms with van der Waals surface area (Å²) in [7, 11) is 1.48. The molecule has 11 nitrogen and oxygen atoms in total. The van der Waals surface area contributed by atoms with Gasteiger partial charge in [-0.1, -0.05) is 12.1 Å². The zero-order chi connectivity index (χ0) is 28.5. The summed E-state index contributed by atoms with van der Waals surface area (Å²) in [5.74, 6) is -1.82. The Balaban J connectivity index is 1.64. The molecular weight excluding hydrogens is 509 g/mol. The summed E-state index contributed by atoms with van der Waals surface area (Å²) in [6, 6.07) is 8.23. The maximum Gasteiger partial charge on any atom is 0.253 e. The number of aliphatic hydroxyl groups excluding tert-OH is 2. The SMILES string of the molecule is COCCOc1cc(N)c(C(=N)C(=O)C=C(N)c2ccc(C(=O)N3CCN(C(CO)CO)CC3)cc2)cc1F. The van der Waals surface area contributed by atoms with Gasteiger partial charge in [0.25, 0.3) is 5.91 Å². The number of nitrogens with zero attached hydrogens (tertiary/aromatic N) is 2. The lowest BCUT2D eigenvalue weighted by Gasteiger charge is -2.38. The summed E-state index contributed by atoms with van der Waals surface area (Å²) in [5.41, 5.74) is 12.4. The minimum atomic E-state index is -0.770. The molecule has 2 aromatic rings. The Labute approximate surface area is 225 Å². The lowest BCUT2D eigenvalue weighted by atomic mass is 10.0. The van der Waals surface area contributed by atoms with Crippen molar-refractivity contribution in [3.8, 4) is 5.75 Å². The van der Waals surface area contributed by atoms with Crippen LogP contribution >= 0.6 is 0 Å². The number of hydrogen-bond acceptors (Lipinski definition) is 10.